The van der Waals surface area contributed by atoms with Gasteiger partial charge in [0.15, 0.2) is 0 Å². The number of fused-ring (bicyclic) bond motifs is 6. The molecular formula is C30H36N2O2. The fraction of sp³-hybridized carbons (Fsp3) is 0.533. The number of nitrogens with one attached hydrogen (secondary N) is 1. The van der Waals surface area contributed by atoms with Gasteiger partial charge in [-0.05, 0) is 90.7 Å². The summed E-state index contributed by atoms with van der Waals surface area (Å²) < 4.78 is 0. The van der Waals surface area contributed by atoms with Crippen LogP contribution in [0.4, 0.5) is 5.69 Å². The first-order chi connectivity index (χ1) is 16.3. The third kappa shape index (κ3) is 3.10. The summed E-state index contributed by atoms with van der Waals surface area (Å²) in [6, 6.07) is 14.8. The Morgan fingerprint density at radius 1 is 0.971 bits per heavy atom. The third-order valence-electron chi connectivity index (χ3n) is 10.5. The minimum atomic E-state index is 0.0539. The highest BCUT2D eigenvalue weighted by atomic mass is 16.2. The first-order valence-corrected chi connectivity index (χ1v) is 13.1. The van der Waals surface area contributed by atoms with Crippen LogP contribution in [0.2, 0.25) is 0 Å². The van der Waals surface area contributed by atoms with Crippen LogP contribution in [0.25, 0.3) is 10.8 Å². The van der Waals surface area contributed by atoms with Gasteiger partial charge in [-0.2, -0.15) is 0 Å². The minimum Gasteiger partial charge on any atom is -0.338 e. The molecule has 1 aliphatic heterocycles. The number of anilines is 1. The molecule has 3 aliphatic carbocycles. The molecule has 4 heteroatoms. The standard InChI is InChI=1S/C30H36N2O2/c1-29-16-14-24-22(10-13-26-30(24,2)17-15-27(33)32(26)3)23(29)11-12-25(29)28(34)31-21-9-8-19-6-4-5-7-20(19)18-21/h4-9,15,17-18,22-26H,10-14,16H2,1-3H3,(H,31,34)/t22-,23-,24+,25?,26?,29-,30+/m0/s1. The lowest BCUT2D eigenvalue weighted by Crippen LogP contribution is -2.59. The maximum atomic E-state index is 13.6. The van der Waals surface area contributed by atoms with E-state index < -0.39 is 0 Å². The second-order valence-corrected chi connectivity index (χ2v) is 11.8. The monoisotopic (exact) mass is 456 g/mol. The molecule has 6 rings (SSSR count). The molecule has 4 nitrogen and oxygen atoms in total. The van der Waals surface area contributed by atoms with Crippen LogP contribution in [-0.4, -0.2) is 29.8 Å². The van der Waals surface area contributed by atoms with Gasteiger partial charge >= 0.3 is 0 Å². The number of carbonyl (C=O) groups is 2. The van der Waals surface area contributed by atoms with Crippen molar-refractivity contribution in [3.8, 4) is 0 Å². The zero-order valence-electron chi connectivity index (χ0n) is 20.6. The van der Waals surface area contributed by atoms with Gasteiger partial charge < -0.3 is 10.2 Å². The van der Waals surface area contributed by atoms with Crippen LogP contribution in [0.15, 0.2) is 54.6 Å². The Labute approximate surface area is 202 Å². The number of amides is 2. The van der Waals surface area contributed by atoms with Gasteiger partial charge in [0.25, 0.3) is 0 Å². The number of hydrogen-bond donors (Lipinski definition) is 1. The Morgan fingerprint density at radius 3 is 2.59 bits per heavy atom. The molecule has 2 aromatic carbocycles. The molecule has 0 aromatic heterocycles. The van der Waals surface area contributed by atoms with Gasteiger partial charge in [-0.15, -0.1) is 0 Å². The van der Waals surface area contributed by atoms with Crippen LogP contribution in [-0.2, 0) is 9.59 Å². The quantitative estimate of drug-likeness (QED) is 0.599. The number of rotatable bonds is 2. The van der Waals surface area contributed by atoms with Gasteiger partial charge in [0, 0.05) is 30.1 Å². The van der Waals surface area contributed by atoms with Gasteiger partial charge in [-0.3, -0.25) is 9.59 Å². The molecule has 0 spiro atoms. The maximum Gasteiger partial charge on any atom is 0.246 e. The second-order valence-electron chi connectivity index (χ2n) is 11.8. The summed E-state index contributed by atoms with van der Waals surface area (Å²) in [4.78, 5) is 27.9. The van der Waals surface area contributed by atoms with Crippen molar-refractivity contribution in [1.82, 2.24) is 4.90 Å². The molecule has 2 unspecified atom stereocenters. The average molecular weight is 457 g/mol. The van der Waals surface area contributed by atoms with Crippen LogP contribution in [0.5, 0.6) is 0 Å². The molecule has 1 N–H and O–H groups in total. The van der Waals surface area contributed by atoms with E-state index >= 15 is 0 Å². The molecule has 0 saturated heterocycles. The number of benzene rings is 2. The largest absolute Gasteiger partial charge is 0.338 e. The summed E-state index contributed by atoms with van der Waals surface area (Å²) >= 11 is 0. The summed E-state index contributed by atoms with van der Waals surface area (Å²) in [5.41, 5.74) is 1.02. The molecule has 4 aliphatic rings. The van der Waals surface area contributed by atoms with E-state index in [0.717, 1.165) is 43.2 Å². The SMILES string of the molecule is CN1C(=O)C=C[C@@]2(C)C1CC[C@@H]1[C@H]2CC[C@]2(C)C(C(=O)Nc3ccc4ccccc4c3)CC[C@@H]12. The third-order valence-corrected chi connectivity index (χ3v) is 10.5. The fourth-order valence-electron chi connectivity index (χ4n) is 8.67. The van der Waals surface area contributed by atoms with E-state index in [9.17, 15) is 9.59 Å². The van der Waals surface area contributed by atoms with Gasteiger partial charge in [0.1, 0.15) is 0 Å². The highest BCUT2D eigenvalue weighted by Gasteiger charge is 2.61. The molecule has 0 bridgehead atoms. The van der Waals surface area contributed by atoms with Gasteiger partial charge in [0.05, 0.1) is 0 Å². The predicted octanol–water partition coefficient (Wildman–Crippen LogP) is 6.03. The van der Waals surface area contributed by atoms with Crippen molar-refractivity contribution < 1.29 is 9.59 Å². The van der Waals surface area contributed by atoms with Crippen molar-refractivity contribution in [2.45, 2.75) is 58.4 Å². The molecule has 34 heavy (non-hydrogen) atoms. The lowest BCUT2D eigenvalue weighted by atomic mass is 9.47. The van der Waals surface area contributed by atoms with Crippen LogP contribution in [0, 0.1) is 34.5 Å². The van der Waals surface area contributed by atoms with E-state index in [2.05, 4.69) is 49.5 Å². The van der Waals surface area contributed by atoms with Crippen LogP contribution in [0.3, 0.4) is 0 Å². The predicted molar refractivity (Wildman–Crippen MR) is 136 cm³/mol. The Hall–Kier alpha value is -2.62. The van der Waals surface area contributed by atoms with Crippen molar-refractivity contribution in [3.63, 3.8) is 0 Å². The van der Waals surface area contributed by atoms with Crippen LogP contribution >= 0.6 is 0 Å². The molecule has 2 aromatic rings. The normalized spacial score (nSPS) is 38.9. The highest BCUT2D eigenvalue weighted by molar-refractivity contribution is 5.96. The number of carbonyl (C=O) groups excluding carboxylic acids is 2. The van der Waals surface area contributed by atoms with E-state index in [-0.39, 0.29) is 28.6 Å². The Bertz CT molecular complexity index is 1190. The molecule has 1 heterocycles. The van der Waals surface area contributed by atoms with Crippen molar-refractivity contribution in [2.75, 3.05) is 12.4 Å². The smallest absolute Gasteiger partial charge is 0.246 e. The molecule has 0 radical (unpaired) electrons. The fourth-order valence-corrected chi connectivity index (χ4v) is 8.67. The first kappa shape index (κ1) is 21.9. The average Bonchev–Trinajstić information content (AvgIpc) is 3.19. The Morgan fingerprint density at radius 2 is 1.76 bits per heavy atom. The zero-order chi connectivity index (χ0) is 23.7. The maximum absolute atomic E-state index is 13.6. The Balaban J connectivity index is 1.23. The van der Waals surface area contributed by atoms with E-state index in [0.29, 0.717) is 23.8 Å². The van der Waals surface area contributed by atoms with E-state index in [1.165, 1.54) is 11.8 Å². The topological polar surface area (TPSA) is 49.4 Å². The molecule has 7 atom stereocenters. The lowest BCUT2D eigenvalue weighted by Gasteiger charge is -2.60. The van der Waals surface area contributed by atoms with Crippen molar-refractivity contribution >= 4 is 28.3 Å². The number of nitrogens with zero attached hydrogens (tertiary/aromatic N) is 1. The number of hydrogen-bond acceptors (Lipinski definition) is 2. The van der Waals surface area contributed by atoms with Crippen LogP contribution < -0.4 is 5.32 Å². The summed E-state index contributed by atoms with van der Waals surface area (Å²) in [5, 5.41) is 5.63. The summed E-state index contributed by atoms with van der Waals surface area (Å²) in [7, 11) is 1.98. The first-order valence-electron chi connectivity index (χ1n) is 13.1. The number of likely N-dealkylation sites (N-methyl/N-ethyl adjacent to an activating group) is 1. The van der Waals surface area contributed by atoms with E-state index in [4.69, 9.17) is 0 Å². The van der Waals surface area contributed by atoms with Crippen molar-refractivity contribution in [3.05, 3.63) is 54.6 Å². The summed E-state index contributed by atoms with van der Waals surface area (Å²) in [6.07, 6.45) is 10.7. The van der Waals surface area contributed by atoms with Gasteiger partial charge in [0.2, 0.25) is 11.8 Å². The van der Waals surface area contributed by atoms with Crippen molar-refractivity contribution in [2.24, 2.45) is 34.5 Å². The van der Waals surface area contributed by atoms with E-state index in [1.807, 2.05) is 30.1 Å². The van der Waals surface area contributed by atoms with Gasteiger partial charge in [-0.1, -0.05) is 50.3 Å². The minimum absolute atomic E-state index is 0.0539. The van der Waals surface area contributed by atoms with E-state index in [1.54, 1.807) is 6.08 Å². The van der Waals surface area contributed by atoms with Crippen molar-refractivity contribution in [1.29, 1.82) is 0 Å². The summed E-state index contributed by atoms with van der Waals surface area (Å²) in [6.45, 7) is 4.78. The zero-order valence-corrected chi connectivity index (χ0v) is 20.6. The molecule has 178 valence electrons. The Kier molecular flexibility index (Phi) is 4.95. The van der Waals surface area contributed by atoms with Gasteiger partial charge in [-0.25, -0.2) is 0 Å². The lowest BCUT2D eigenvalue weighted by molar-refractivity contribution is -0.141. The molecular weight excluding hydrogens is 420 g/mol. The molecule has 2 amide bonds. The van der Waals surface area contributed by atoms with Crippen LogP contribution in [0.1, 0.15) is 52.4 Å². The highest BCUT2D eigenvalue weighted by Crippen LogP contribution is 2.65. The molecule has 3 saturated carbocycles. The second kappa shape index (κ2) is 7.69. The summed E-state index contributed by atoms with van der Waals surface area (Å²) in [5.74, 6) is 2.24. The molecule has 3 fully saturated rings.